The van der Waals surface area contributed by atoms with Crippen LogP contribution in [-0.4, -0.2) is 27.0 Å². The van der Waals surface area contributed by atoms with Gasteiger partial charge in [-0.3, -0.25) is 4.79 Å². The predicted octanol–water partition coefficient (Wildman–Crippen LogP) is 2.28. The van der Waals surface area contributed by atoms with Crippen molar-refractivity contribution in [1.82, 2.24) is 9.55 Å². The van der Waals surface area contributed by atoms with E-state index in [1.807, 2.05) is 0 Å². The van der Waals surface area contributed by atoms with Gasteiger partial charge < -0.3 is 9.67 Å². The molecule has 2 rings (SSSR count). The van der Waals surface area contributed by atoms with Crippen LogP contribution in [0.15, 0.2) is 30.5 Å². The lowest BCUT2D eigenvalue weighted by molar-refractivity contribution is -0.146. The van der Waals surface area contributed by atoms with Gasteiger partial charge in [0.15, 0.2) is 5.78 Å². The molecule has 0 spiro atoms. The van der Waals surface area contributed by atoms with Gasteiger partial charge in [0, 0.05) is 24.4 Å². The molecule has 0 radical (unpaired) electrons. The molecule has 0 atom stereocenters. The Morgan fingerprint density at radius 2 is 1.90 bits per heavy atom. The third-order valence-corrected chi connectivity index (χ3v) is 2.78. The van der Waals surface area contributed by atoms with E-state index in [9.17, 15) is 18.0 Å². The second kappa shape index (κ2) is 5.09. The smallest absolute Gasteiger partial charge is 0.388 e. The second-order valence-corrected chi connectivity index (χ2v) is 4.22. The monoisotopic (exact) mass is 284 g/mol. The Kier molecular flexibility index (Phi) is 3.63. The summed E-state index contributed by atoms with van der Waals surface area (Å²) in [4.78, 5) is 14.8. The number of imidazole rings is 1. The second-order valence-electron chi connectivity index (χ2n) is 4.22. The number of benzene rings is 1. The first-order chi connectivity index (χ1) is 9.32. The van der Waals surface area contributed by atoms with Crippen molar-refractivity contribution in [3.05, 3.63) is 41.9 Å². The summed E-state index contributed by atoms with van der Waals surface area (Å²) in [5, 5.41) is 8.71. The minimum Gasteiger partial charge on any atom is -0.388 e. The maximum atomic E-state index is 12.6. The topological polar surface area (TPSA) is 55.1 Å². The van der Waals surface area contributed by atoms with Crippen LogP contribution in [0.25, 0.3) is 11.3 Å². The molecule has 1 heterocycles. The number of alkyl halides is 3. The number of nitrogens with zero attached hydrogens (tertiary/aromatic N) is 2. The van der Waals surface area contributed by atoms with Crippen LogP contribution in [0.1, 0.15) is 16.2 Å². The summed E-state index contributed by atoms with van der Waals surface area (Å²) < 4.78 is 38.8. The molecule has 0 unspecified atom stereocenters. The van der Waals surface area contributed by atoms with Gasteiger partial charge in [0.25, 0.3) is 0 Å². The summed E-state index contributed by atoms with van der Waals surface area (Å²) in [6.07, 6.45) is -3.24. The first-order valence-electron chi connectivity index (χ1n) is 5.68. The van der Waals surface area contributed by atoms with Crippen molar-refractivity contribution in [3.63, 3.8) is 0 Å². The van der Waals surface area contributed by atoms with E-state index >= 15 is 0 Å². The maximum absolute atomic E-state index is 12.6. The number of Topliss-reactive ketones (excluding diaryl/α,β-unsaturated/α-hetero) is 1. The quantitative estimate of drug-likeness (QED) is 0.880. The number of aromatic nitrogens is 2. The van der Waals surface area contributed by atoms with Gasteiger partial charge in [0.2, 0.25) is 5.82 Å². The van der Waals surface area contributed by atoms with Crippen molar-refractivity contribution in [1.29, 1.82) is 0 Å². The molecule has 20 heavy (non-hydrogen) atoms. The lowest BCUT2D eigenvalue weighted by Gasteiger charge is -2.04. The zero-order valence-electron chi connectivity index (χ0n) is 10.5. The third-order valence-electron chi connectivity index (χ3n) is 2.78. The summed E-state index contributed by atoms with van der Waals surface area (Å²) in [5.41, 5.74) is 0.927. The molecule has 0 amide bonds. The van der Waals surface area contributed by atoms with Gasteiger partial charge >= 0.3 is 6.18 Å². The highest BCUT2D eigenvalue weighted by Gasteiger charge is 2.36. The Labute approximate surface area is 112 Å². The number of carbonyl (C=O) groups is 1. The number of ketones is 1. The average molecular weight is 284 g/mol. The predicted molar refractivity (Wildman–Crippen MR) is 65.1 cm³/mol. The van der Waals surface area contributed by atoms with Crippen molar-refractivity contribution in [2.75, 3.05) is 6.61 Å². The van der Waals surface area contributed by atoms with Crippen LogP contribution in [0.4, 0.5) is 13.2 Å². The number of aliphatic hydroxyl groups is 1. The van der Waals surface area contributed by atoms with Gasteiger partial charge in [0.1, 0.15) is 6.61 Å². The first kappa shape index (κ1) is 14.3. The zero-order chi connectivity index (χ0) is 14.9. The Morgan fingerprint density at radius 3 is 2.35 bits per heavy atom. The Bertz CT molecular complexity index is 630. The number of rotatable bonds is 3. The zero-order valence-corrected chi connectivity index (χ0v) is 10.5. The highest BCUT2D eigenvalue weighted by atomic mass is 19.4. The summed E-state index contributed by atoms with van der Waals surface area (Å²) >= 11 is 0. The molecule has 0 saturated carbocycles. The molecule has 0 saturated heterocycles. The Morgan fingerprint density at radius 1 is 1.30 bits per heavy atom. The number of hydrogen-bond acceptors (Lipinski definition) is 3. The summed E-state index contributed by atoms with van der Waals surface area (Å²) in [5.74, 6) is -1.43. The molecule has 7 heteroatoms. The highest BCUT2D eigenvalue weighted by Crippen LogP contribution is 2.30. The maximum Gasteiger partial charge on any atom is 0.449 e. The van der Waals surface area contributed by atoms with Crippen LogP contribution in [0.3, 0.4) is 0 Å². The normalized spacial score (nSPS) is 11.7. The van der Waals surface area contributed by atoms with Crippen LogP contribution in [0, 0.1) is 0 Å². The van der Waals surface area contributed by atoms with Gasteiger partial charge in [-0.05, 0) is 0 Å². The molecule has 0 aliphatic carbocycles. The number of halogens is 3. The van der Waals surface area contributed by atoms with E-state index in [-0.39, 0.29) is 5.69 Å². The van der Waals surface area contributed by atoms with E-state index in [0.717, 1.165) is 4.57 Å². The number of aliphatic hydroxyl groups excluding tert-OH is 1. The summed E-state index contributed by atoms with van der Waals surface area (Å²) in [7, 11) is 1.27. The van der Waals surface area contributed by atoms with Crippen molar-refractivity contribution in [3.8, 4) is 11.3 Å². The fraction of sp³-hybridized carbons (Fsp3) is 0.231. The number of aryl methyl sites for hydroxylation is 1. The van der Waals surface area contributed by atoms with E-state index < -0.39 is 24.4 Å². The molecular weight excluding hydrogens is 273 g/mol. The van der Waals surface area contributed by atoms with Gasteiger partial charge in [-0.1, -0.05) is 24.3 Å². The van der Waals surface area contributed by atoms with E-state index in [2.05, 4.69) is 4.98 Å². The van der Waals surface area contributed by atoms with Crippen molar-refractivity contribution in [2.45, 2.75) is 6.18 Å². The van der Waals surface area contributed by atoms with Crippen LogP contribution >= 0.6 is 0 Å². The van der Waals surface area contributed by atoms with E-state index in [1.165, 1.54) is 37.5 Å². The van der Waals surface area contributed by atoms with Crippen LogP contribution in [-0.2, 0) is 13.2 Å². The molecule has 106 valence electrons. The molecule has 0 aliphatic heterocycles. The van der Waals surface area contributed by atoms with Gasteiger partial charge in [-0.15, -0.1) is 0 Å². The minimum absolute atomic E-state index is 0.169. The molecule has 0 aliphatic rings. The molecule has 2 aromatic rings. The van der Waals surface area contributed by atoms with Crippen molar-refractivity contribution in [2.24, 2.45) is 7.05 Å². The Balaban J connectivity index is 2.35. The lowest BCUT2D eigenvalue weighted by Crippen LogP contribution is -2.12. The summed E-state index contributed by atoms with van der Waals surface area (Å²) in [6.45, 7) is -0.610. The molecular formula is C13H11F3N2O2. The van der Waals surface area contributed by atoms with E-state index in [1.54, 1.807) is 0 Å². The van der Waals surface area contributed by atoms with Crippen molar-refractivity contribution < 1.29 is 23.1 Å². The SMILES string of the molecule is Cn1cc(-c2ccc(C(=O)CO)cc2)nc1C(F)(F)F. The fourth-order valence-corrected chi connectivity index (χ4v) is 1.79. The average Bonchev–Trinajstić information content (AvgIpc) is 2.80. The standard InChI is InChI=1S/C13H11F3N2O2/c1-18-6-10(17-12(18)13(14,15)16)8-2-4-9(5-3-8)11(20)7-19/h2-6,19H,7H2,1H3. The molecule has 1 aromatic heterocycles. The minimum atomic E-state index is -4.51. The Hall–Kier alpha value is -2.15. The van der Waals surface area contributed by atoms with Crippen LogP contribution in [0.2, 0.25) is 0 Å². The number of hydrogen-bond donors (Lipinski definition) is 1. The molecule has 0 bridgehead atoms. The molecule has 1 N–H and O–H groups in total. The van der Waals surface area contributed by atoms with E-state index in [4.69, 9.17) is 5.11 Å². The highest BCUT2D eigenvalue weighted by molar-refractivity contribution is 5.97. The first-order valence-corrected chi connectivity index (χ1v) is 5.68. The lowest BCUT2D eigenvalue weighted by atomic mass is 10.1. The molecule has 1 aromatic carbocycles. The largest absolute Gasteiger partial charge is 0.449 e. The summed E-state index contributed by atoms with van der Waals surface area (Å²) in [6, 6.07) is 5.86. The van der Waals surface area contributed by atoms with Crippen LogP contribution < -0.4 is 0 Å². The third kappa shape index (κ3) is 2.72. The molecule has 4 nitrogen and oxygen atoms in total. The van der Waals surface area contributed by atoms with Crippen LogP contribution in [0.5, 0.6) is 0 Å². The van der Waals surface area contributed by atoms with Crippen molar-refractivity contribution >= 4 is 5.78 Å². The fourth-order valence-electron chi connectivity index (χ4n) is 1.79. The van der Waals surface area contributed by atoms with E-state index in [0.29, 0.717) is 11.1 Å². The molecule has 0 fully saturated rings. The van der Waals surface area contributed by atoms with Gasteiger partial charge in [-0.25, -0.2) is 4.98 Å². The number of carbonyl (C=O) groups excluding carboxylic acids is 1. The van der Waals surface area contributed by atoms with Gasteiger partial charge in [0.05, 0.1) is 5.69 Å². The van der Waals surface area contributed by atoms with Gasteiger partial charge in [-0.2, -0.15) is 13.2 Å².